The van der Waals surface area contributed by atoms with Crippen LogP contribution in [0.2, 0.25) is 0 Å². The summed E-state index contributed by atoms with van der Waals surface area (Å²) < 4.78 is 0. The Labute approximate surface area is 116 Å². The molecule has 0 atom stereocenters. The zero-order valence-electron chi connectivity index (χ0n) is 11.7. The van der Waals surface area contributed by atoms with Crippen molar-refractivity contribution < 1.29 is 6.22 Å². The molecule has 2 aromatic rings. The predicted octanol–water partition coefficient (Wildman–Crippen LogP) is 4.17. The van der Waals surface area contributed by atoms with E-state index in [1.54, 1.807) is 24.5 Å². The van der Waals surface area contributed by atoms with E-state index in [2.05, 4.69) is 17.2 Å². The molecule has 3 heteroatoms. The predicted molar refractivity (Wildman–Crippen MR) is 81.5 cm³/mol. The molecule has 0 aliphatic rings. The Hall–Kier alpha value is -2.16. The van der Waals surface area contributed by atoms with Gasteiger partial charge in [-0.05, 0) is 36.2 Å². The molecule has 19 heavy (non-hydrogen) atoms. The summed E-state index contributed by atoms with van der Waals surface area (Å²) in [7, 11) is 0. The third-order valence-corrected chi connectivity index (χ3v) is 2.56. The number of benzene rings is 1. The van der Waals surface area contributed by atoms with Gasteiger partial charge in [-0.15, -0.1) is 0 Å². The van der Waals surface area contributed by atoms with Gasteiger partial charge >= 0.3 is 0 Å². The average molecular weight is 258 g/mol. The van der Waals surface area contributed by atoms with Crippen molar-refractivity contribution in [3.63, 3.8) is 0 Å². The number of carbonyl (C=O) groups is 1. The fourth-order valence-corrected chi connectivity index (χ4v) is 1.53. The van der Waals surface area contributed by atoms with Gasteiger partial charge in [0.1, 0.15) is 0 Å². The normalized spacial score (nSPS) is 9.21. The minimum atomic E-state index is -0.114. The van der Waals surface area contributed by atoms with Crippen LogP contribution in [0.5, 0.6) is 0 Å². The minimum Gasteiger partial charge on any atom is -0.322 e. The van der Waals surface area contributed by atoms with Gasteiger partial charge in [-0.1, -0.05) is 32.9 Å². The molecular weight excluding hydrogens is 236 g/mol. The number of hydrogen-bond donors (Lipinski definition) is 1. The first-order valence-electron chi connectivity index (χ1n) is 6.60. The summed E-state index contributed by atoms with van der Waals surface area (Å²) in [4.78, 5) is 15.7. The van der Waals surface area contributed by atoms with Gasteiger partial charge in [-0.25, -0.2) is 0 Å². The molecule has 3 nitrogen and oxygen atoms in total. The molecule has 1 aromatic carbocycles. The maximum atomic E-state index is 11.8. The maximum absolute atomic E-state index is 11.8. The molecule has 0 bridgehead atoms. The van der Waals surface area contributed by atoms with Crippen LogP contribution in [-0.4, -0.2) is 10.9 Å². The van der Waals surface area contributed by atoms with Crippen molar-refractivity contribution in [3.8, 4) is 0 Å². The lowest BCUT2D eigenvalue weighted by atomic mass is 10.1. The fraction of sp³-hybridized carbons (Fsp3) is 0.250. The molecular formula is C16H22N2O. The molecule has 1 heterocycles. The molecule has 0 aliphatic carbocycles. The van der Waals surface area contributed by atoms with Gasteiger partial charge in [0.25, 0.3) is 5.91 Å². The Morgan fingerprint density at radius 1 is 1.11 bits per heavy atom. The van der Waals surface area contributed by atoms with Crippen molar-refractivity contribution >= 4 is 11.6 Å². The Morgan fingerprint density at radius 2 is 1.68 bits per heavy atom. The highest BCUT2D eigenvalue weighted by molar-refractivity contribution is 6.04. The number of nitrogens with zero attached hydrogens (tertiary/aromatic N) is 1. The van der Waals surface area contributed by atoms with Crippen LogP contribution in [0.3, 0.4) is 0 Å². The van der Waals surface area contributed by atoms with E-state index in [4.69, 9.17) is 0 Å². The number of aromatic nitrogens is 1. The first-order valence-corrected chi connectivity index (χ1v) is 6.60. The summed E-state index contributed by atoms with van der Waals surface area (Å²) in [5, 5.41) is 2.84. The number of aryl methyl sites for hydroxylation is 1. The monoisotopic (exact) mass is 258 g/mol. The highest BCUT2D eigenvalue weighted by atomic mass is 16.1. The van der Waals surface area contributed by atoms with Crippen LogP contribution in [-0.2, 0) is 6.42 Å². The summed E-state index contributed by atoms with van der Waals surface area (Å²) in [6, 6.07) is 11.2. The zero-order valence-corrected chi connectivity index (χ0v) is 11.7. The van der Waals surface area contributed by atoms with Gasteiger partial charge in [0.05, 0.1) is 0 Å². The summed E-state index contributed by atoms with van der Waals surface area (Å²) >= 11 is 0. The first-order chi connectivity index (χ1) is 9.29. The summed E-state index contributed by atoms with van der Waals surface area (Å²) in [6.07, 6.45) is 4.21. The van der Waals surface area contributed by atoms with Crippen LogP contribution in [0, 0.1) is 0 Å². The average Bonchev–Trinajstić information content (AvgIpc) is 2.51. The van der Waals surface area contributed by atoms with E-state index in [1.807, 2.05) is 38.1 Å². The number of pyridine rings is 1. The summed E-state index contributed by atoms with van der Waals surface area (Å²) in [6.45, 7) is 6.10. The highest BCUT2D eigenvalue weighted by Gasteiger charge is 2.04. The van der Waals surface area contributed by atoms with Crippen molar-refractivity contribution in [1.82, 2.24) is 4.98 Å². The smallest absolute Gasteiger partial charge is 0.255 e. The molecule has 0 fully saturated rings. The number of amides is 1. The highest BCUT2D eigenvalue weighted by Crippen LogP contribution is 2.11. The second-order valence-corrected chi connectivity index (χ2v) is 3.74. The molecule has 0 saturated carbocycles. The zero-order chi connectivity index (χ0) is 14.1. The quantitative estimate of drug-likeness (QED) is 0.897. The van der Waals surface area contributed by atoms with Crippen molar-refractivity contribution in [3.05, 3.63) is 59.9 Å². The second kappa shape index (κ2) is 8.03. The van der Waals surface area contributed by atoms with Gasteiger partial charge in [0.2, 0.25) is 0 Å². The molecule has 0 spiro atoms. The van der Waals surface area contributed by atoms with Gasteiger partial charge in [0.15, 0.2) is 0 Å². The van der Waals surface area contributed by atoms with Crippen molar-refractivity contribution in [1.29, 1.82) is 0 Å². The number of carbonyl (C=O) groups excluding carboxylic acids is 1. The number of rotatable bonds is 3. The number of nitrogens with one attached hydrogen (secondary N) is 1. The van der Waals surface area contributed by atoms with Crippen LogP contribution in [0.4, 0.5) is 5.69 Å². The van der Waals surface area contributed by atoms with Gasteiger partial charge in [-0.3, -0.25) is 9.78 Å². The molecule has 0 unspecified atom stereocenters. The van der Waals surface area contributed by atoms with Gasteiger partial charge in [0, 0.05) is 25.1 Å². The van der Waals surface area contributed by atoms with Crippen molar-refractivity contribution in [2.24, 2.45) is 0 Å². The van der Waals surface area contributed by atoms with E-state index < -0.39 is 0 Å². The molecule has 0 saturated heterocycles. The van der Waals surface area contributed by atoms with E-state index in [0.29, 0.717) is 5.56 Å². The van der Waals surface area contributed by atoms with E-state index in [-0.39, 0.29) is 7.33 Å². The minimum absolute atomic E-state index is 0. The van der Waals surface area contributed by atoms with Crippen LogP contribution >= 0.6 is 0 Å². The first kappa shape index (κ1) is 14.9. The standard InChI is InChI=1S/C14H14N2O.C2H6.H2/c1-2-11-3-5-13(6-4-11)16-14(17)12-7-9-15-10-8-12;1-2;/h3-10H,2H2,1H3,(H,16,17);1-2H3;1H. The summed E-state index contributed by atoms with van der Waals surface area (Å²) in [5.74, 6) is -0.114. The number of hydrogen-bond acceptors (Lipinski definition) is 2. The van der Waals surface area contributed by atoms with Crippen molar-refractivity contribution in [2.75, 3.05) is 5.32 Å². The lowest BCUT2D eigenvalue weighted by Gasteiger charge is -2.05. The van der Waals surface area contributed by atoms with E-state index in [0.717, 1.165) is 12.1 Å². The molecule has 102 valence electrons. The topological polar surface area (TPSA) is 42.0 Å². The van der Waals surface area contributed by atoms with Crippen LogP contribution < -0.4 is 5.32 Å². The third-order valence-electron chi connectivity index (χ3n) is 2.56. The fourth-order valence-electron chi connectivity index (χ4n) is 1.53. The van der Waals surface area contributed by atoms with E-state index in [9.17, 15) is 4.79 Å². The van der Waals surface area contributed by atoms with Crippen LogP contribution in [0.25, 0.3) is 0 Å². The molecule has 1 N–H and O–H groups in total. The van der Waals surface area contributed by atoms with Gasteiger partial charge < -0.3 is 5.32 Å². The molecule has 1 amide bonds. The Morgan fingerprint density at radius 3 is 2.21 bits per heavy atom. The molecule has 0 radical (unpaired) electrons. The largest absolute Gasteiger partial charge is 0.322 e. The van der Waals surface area contributed by atoms with Crippen molar-refractivity contribution in [2.45, 2.75) is 27.2 Å². The lowest BCUT2D eigenvalue weighted by Crippen LogP contribution is -2.11. The maximum Gasteiger partial charge on any atom is 0.255 e. The second-order valence-electron chi connectivity index (χ2n) is 3.74. The lowest BCUT2D eigenvalue weighted by molar-refractivity contribution is 0.102. The SMILES string of the molecule is CC.CCc1ccc(NC(=O)c2ccncc2)cc1.[HH]. The van der Waals surface area contributed by atoms with E-state index >= 15 is 0 Å². The molecule has 2 rings (SSSR count). The Kier molecular flexibility index (Phi) is 6.30. The third kappa shape index (κ3) is 4.54. The van der Waals surface area contributed by atoms with Crippen LogP contribution in [0.1, 0.15) is 38.1 Å². The van der Waals surface area contributed by atoms with Crippen LogP contribution in [0.15, 0.2) is 48.8 Å². The Bertz CT molecular complexity index is 498. The molecule has 0 aliphatic heterocycles. The summed E-state index contributed by atoms with van der Waals surface area (Å²) in [5.41, 5.74) is 2.68. The Balaban J connectivity index is 0.00000115. The number of anilines is 1. The van der Waals surface area contributed by atoms with E-state index in [1.165, 1.54) is 5.56 Å². The molecule has 1 aromatic heterocycles. The van der Waals surface area contributed by atoms with Gasteiger partial charge in [-0.2, -0.15) is 0 Å².